The third-order valence-electron chi connectivity index (χ3n) is 6.00. The second-order valence-electron chi connectivity index (χ2n) is 8.56. The fourth-order valence-electron chi connectivity index (χ4n) is 4.22. The number of nitrogen functional groups attached to an aromatic ring is 2. The average Bonchev–Trinajstić information content (AvgIpc) is 3.75. The highest BCUT2D eigenvalue weighted by molar-refractivity contribution is 6.31. The van der Waals surface area contributed by atoms with Gasteiger partial charge in [-0.05, 0) is 60.7 Å². The molecule has 0 radical (unpaired) electrons. The van der Waals surface area contributed by atoms with Crippen molar-refractivity contribution in [2.75, 3.05) is 11.5 Å². The minimum Gasteiger partial charge on any atom is -0.461 e. The molecule has 2 aromatic carbocycles. The first-order valence-electron chi connectivity index (χ1n) is 11.8. The molecule has 6 aromatic heterocycles. The molecule has 0 fully saturated rings. The largest absolute Gasteiger partial charge is 0.461 e. The number of hydrogen-bond acceptors (Lipinski definition) is 10. The zero-order valence-corrected chi connectivity index (χ0v) is 21.7. The molecule has 4 N–H and O–H groups in total. The van der Waals surface area contributed by atoms with Crippen LogP contribution < -0.4 is 11.5 Å². The van der Waals surface area contributed by atoms with Crippen molar-refractivity contribution in [3.05, 3.63) is 83.2 Å². The Kier molecular flexibility index (Phi) is 5.51. The van der Waals surface area contributed by atoms with Gasteiger partial charge in [-0.2, -0.15) is 9.03 Å². The van der Waals surface area contributed by atoms with E-state index in [9.17, 15) is 0 Å². The topological polar surface area (TPSA) is 164 Å². The lowest BCUT2D eigenvalue weighted by molar-refractivity contribution is 0.577. The Bertz CT molecular complexity index is 2010. The van der Waals surface area contributed by atoms with Crippen LogP contribution in [0.4, 0.5) is 11.9 Å². The fourth-order valence-corrected chi connectivity index (χ4v) is 4.57. The maximum atomic E-state index is 6.03. The number of anilines is 2. The van der Waals surface area contributed by atoms with Gasteiger partial charge in [0, 0.05) is 20.8 Å². The van der Waals surface area contributed by atoms with Gasteiger partial charge in [0.1, 0.15) is 0 Å². The van der Waals surface area contributed by atoms with Gasteiger partial charge in [0.15, 0.2) is 22.8 Å². The van der Waals surface area contributed by atoms with E-state index in [-0.39, 0.29) is 11.9 Å². The summed E-state index contributed by atoms with van der Waals surface area (Å²) < 4.78 is 13.6. The maximum Gasteiger partial charge on any atom is 0.223 e. The van der Waals surface area contributed by atoms with Gasteiger partial charge >= 0.3 is 0 Å². The van der Waals surface area contributed by atoms with Crippen LogP contribution in [0.25, 0.3) is 56.3 Å². The number of furan rings is 2. The van der Waals surface area contributed by atoms with Crippen LogP contribution in [0.3, 0.4) is 0 Å². The van der Waals surface area contributed by atoms with Crippen LogP contribution in [0.5, 0.6) is 0 Å². The second kappa shape index (κ2) is 9.22. The molecule has 0 amide bonds. The molecule has 40 heavy (non-hydrogen) atoms. The first-order chi connectivity index (χ1) is 19.4. The third-order valence-corrected chi connectivity index (χ3v) is 6.47. The summed E-state index contributed by atoms with van der Waals surface area (Å²) >= 11 is 12.1. The van der Waals surface area contributed by atoms with Crippen LogP contribution in [-0.4, -0.2) is 39.2 Å². The van der Waals surface area contributed by atoms with Crippen molar-refractivity contribution in [2.45, 2.75) is 0 Å². The summed E-state index contributed by atoms with van der Waals surface area (Å²) in [6.45, 7) is 0. The van der Waals surface area contributed by atoms with Gasteiger partial charge in [0.05, 0.1) is 23.6 Å². The summed E-state index contributed by atoms with van der Waals surface area (Å²) in [5.41, 5.74) is 14.5. The molecule has 0 bridgehead atoms. The van der Waals surface area contributed by atoms with E-state index in [2.05, 4.69) is 30.1 Å². The van der Waals surface area contributed by atoms with E-state index in [0.717, 1.165) is 21.8 Å². The number of benzene rings is 2. The van der Waals surface area contributed by atoms with Gasteiger partial charge in [0.25, 0.3) is 0 Å². The molecule has 0 saturated carbocycles. The molecule has 8 rings (SSSR count). The third kappa shape index (κ3) is 4.02. The number of halogens is 2. The van der Waals surface area contributed by atoms with Crippen molar-refractivity contribution in [3.63, 3.8) is 0 Å². The number of nitrogens with two attached hydrogens (primary N) is 2. The maximum absolute atomic E-state index is 6.03. The molecular weight excluding hydrogens is 555 g/mol. The summed E-state index contributed by atoms with van der Waals surface area (Å²) in [4.78, 5) is 17.5. The number of hydrogen-bond donors (Lipinski definition) is 2. The Hall–Kier alpha value is -5.20. The predicted molar refractivity (Wildman–Crippen MR) is 151 cm³/mol. The minimum atomic E-state index is 0.264. The number of fused-ring (bicyclic) bond motifs is 6. The molecule has 196 valence electrons. The molecule has 0 unspecified atom stereocenters. The molecule has 0 atom stereocenters. The van der Waals surface area contributed by atoms with E-state index in [1.807, 2.05) is 0 Å². The van der Waals surface area contributed by atoms with Gasteiger partial charge in [-0.25, -0.2) is 19.9 Å². The van der Waals surface area contributed by atoms with Gasteiger partial charge < -0.3 is 20.3 Å². The van der Waals surface area contributed by atoms with Gasteiger partial charge in [-0.15, -0.1) is 10.2 Å². The van der Waals surface area contributed by atoms with Crippen LogP contribution in [0.15, 0.2) is 82.0 Å². The Morgan fingerprint density at radius 1 is 0.600 bits per heavy atom. The molecule has 6 heterocycles. The molecule has 14 heteroatoms. The SMILES string of the molecule is Nc1nc2ccc(Cl)cc2c2nc(-c3ccco3)nn12.Nc1nc2ccc(Cl)cc2c2nc(-c3ccco3)nn12. The quantitative estimate of drug-likeness (QED) is 0.269. The standard InChI is InChI=1S/2C13H8ClN5O/c2*14-7-3-4-9-8(6-7)12-17-11(10-2-1-5-20-10)18-19(12)13(15)16-9/h2*1-6H,(H2,15,16). The van der Waals surface area contributed by atoms with Gasteiger partial charge in [0.2, 0.25) is 23.5 Å². The Morgan fingerprint density at radius 2 is 1.05 bits per heavy atom. The Morgan fingerprint density at radius 3 is 1.45 bits per heavy atom. The highest BCUT2D eigenvalue weighted by atomic mass is 35.5. The number of aromatic nitrogens is 8. The molecule has 0 aliphatic heterocycles. The summed E-state index contributed by atoms with van der Waals surface area (Å²) in [5, 5.41) is 11.4. The normalized spacial score (nSPS) is 11.4. The second-order valence-corrected chi connectivity index (χ2v) is 9.43. The monoisotopic (exact) mass is 570 g/mol. The summed E-state index contributed by atoms with van der Waals surface area (Å²) in [5.74, 6) is 2.58. The smallest absolute Gasteiger partial charge is 0.223 e. The highest BCUT2D eigenvalue weighted by Crippen LogP contribution is 2.27. The van der Waals surface area contributed by atoms with E-state index >= 15 is 0 Å². The van der Waals surface area contributed by atoms with E-state index in [1.165, 1.54) is 9.03 Å². The highest BCUT2D eigenvalue weighted by Gasteiger charge is 2.16. The molecule has 0 aliphatic carbocycles. The first kappa shape index (κ1) is 23.9. The Balaban J connectivity index is 0.000000132. The van der Waals surface area contributed by atoms with Crippen LogP contribution in [0.2, 0.25) is 10.0 Å². The van der Waals surface area contributed by atoms with Gasteiger partial charge in [-0.3, -0.25) is 0 Å². The van der Waals surface area contributed by atoms with Crippen molar-refractivity contribution in [3.8, 4) is 23.2 Å². The van der Waals surface area contributed by atoms with Gasteiger partial charge in [-0.1, -0.05) is 23.2 Å². The van der Waals surface area contributed by atoms with Crippen LogP contribution in [-0.2, 0) is 0 Å². The van der Waals surface area contributed by atoms with E-state index < -0.39 is 0 Å². The Labute approximate surface area is 233 Å². The predicted octanol–water partition coefficient (Wildman–Crippen LogP) is 5.55. The van der Waals surface area contributed by atoms with Crippen molar-refractivity contribution in [1.82, 2.24) is 39.2 Å². The molecular formula is C26H16Cl2N10O2. The summed E-state index contributed by atoms with van der Waals surface area (Å²) in [6.07, 6.45) is 3.13. The molecule has 0 spiro atoms. The lowest BCUT2D eigenvalue weighted by atomic mass is 10.2. The van der Waals surface area contributed by atoms with Crippen molar-refractivity contribution in [2.24, 2.45) is 0 Å². The molecule has 0 aliphatic rings. The van der Waals surface area contributed by atoms with Crippen molar-refractivity contribution >= 4 is 68.2 Å². The molecule has 0 saturated heterocycles. The van der Waals surface area contributed by atoms with Crippen molar-refractivity contribution < 1.29 is 8.83 Å². The van der Waals surface area contributed by atoms with E-state index in [4.69, 9.17) is 43.5 Å². The first-order valence-corrected chi connectivity index (χ1v) is 12.5. The lowest BCUT2D eigenvalue weighted by Gasteiger charge is -2.02. The van der Waals surface area contributed by atoms with E-state index in [0.29, 0.717) is 44.5 Å². The zero-order chi connectivity index (χ0) is 27.4. The van der Waals surface area contributed by atoms with Crippen LogP contribution in [0.1, 0.15) is 0 Å². The van der Waals surface area contributed by atoms with E-state index in [1.54, 1.807) is 73.2 Å². The van der Waals surface area contributed by atoms with Crippen LogP contribution >= 0.6 is 23.2 Å². The zero-order valence-electron chi connectivity index (χ0n) is 20.2. The number of nitrogens with zero attached hydrogens (tertiary/aromatic N) is 8. The summed E-state index contributed by atoms with van der Waals surface area (Å²) in [7, 11) is 0. The number of rotatable bonds is 2. The van der Waals surface area contributed by atoms with Crippen LogP contribution in [0, 0.1) is 0 Å². The molecule has 12 nitrogen and oxygen atoms in total. The minimum absolute atomic E-state index is 0.264. The fraction of sp³-hybridized carbons (Fsp3) is 0. The van der Waals surface area contributed by atoms with Crippen molar-refractivity contribution in [1.29, 1.82) is 0 Å². The molecule has 8 aromatic rings. The summed E-state index contributed by atoms with van der Waals surface area (Å²) in [6, 6.07) is 17.8. The average molecular weight is 571 g/mol. The lowest BCUT2D eigenvalue weighted by Crippen LogP contribution is -2.02.